The molecule has 0 aliphatic heterocycles. The second kappa shape index (κ2) is 53.8. The first kappa shape index (κ1) is 108. The third-order valence-corrected chi connectivity index (χ3v) is 24.0. The minimum atomic E-state index is -4.47. The zero-order chi connectivity index (χ0) is 102. The molecule has 0 aliphatic carbocycles. The summed E-state index contributed by atoms with van der Waals surface area (Å²) in [5.74, 6) is -2.10. The van der Waals surface area contributed by atoms with Crippen molar-refractivity contribution in [3.63, 3.8) is 0 Å². The number of nitrogens with two attached hydrogens (primary N) is 5. The third kappa shape index (κ3) is 32.8. The zero-order valence-corrected chi connectivity index (χ0v) is 82.0. The topological polar surface area (TPSA) is 383 Å². The molecule has 0 radical (unpaired) electrons. The lowest BCUT2D eigenvalue weighted by molar-refractivity contribution is -0.137. The van der Waals surface area contributed by atoms with Crippen molar-refractivity contribution in [3.05, 3.63) is 488 Å². The van der Waals surface area contributed by atoms with Crippen molar-refractivity contribution in [3.8, 4) is 0 Å². The lowest BCUT2D eigenvalue weighted by Gasteiger charge is -2.18. The highest BCUT2D eigenvalue weighted by Crippen LogP contribution is 2.36. The number of benzene rings is 13. The predicted octanol–water partition coefficient (Wildman–Crippen LogP) is 24.7. The molecule has 2 heterocycles. The summed E-state index contributed by atoms with van der Waals surface area (Å²) in [6, 6.07) is 96.1. The van der Waals surface area contributed by atoms with Gasteiger partial charge in [-0.1, -0.05) is 340 Å². The fourth-order valence-corrected chi connectivity index (χ4v) is 14.6. The maximum absolute atomic E-state index is 13.0. The van der Waals surface area contributed by atoms with Gasteiger partial charge in [0, 0.05) is 75.9 Å². The van der Waals surface area contributed by atoms with E-state index in [1.807, 2.05) is 152 Å². The van der Waals surface area contributed by atoms with Crippen molar-refractivity contribution in [2.75, 3.05) is 33.2 Å². The number of aliphatic imine (C=N–C) groups is 5. The van der Waals surface area contributed by atoms with Crippen LogP contribution in [0.2, 0.25) is 50.2 Å². The number of nitrogens with zero attached hydrogens (tertiary/aromatic N) is 7. The Morgan fingerprint density at radius 1 is 0.282 bits per heavy atom. The van der Waals surface area contributed by atoms with Gasteiger partial charge in [0.1, 0.15) is 59.2 Å². The van der Waals surface area contributed by atoms with Gasteiger partial charge in [-0.25, -0.2) is 0 Å². The number of rotatable bonds is 27. The van der Waals surface area contributed by atoms with E-state index in [4.69, 9.17) is 150 Å². The molecule has 0 fully saturated rings. The normalized spacial score (nSPS) is 12.6. The van der Waals surface area contributed by atoms with Crippen LogP contribution in [0.1, 0.15) is 97.1 Å². The van der Waals surface area contributed by atoms with E-state index in [1.165, 1.54) is 12.1 Å². The number of pyridine rings is 2. The average molecular weight is 2110 g/mol. The highest BCUT2D eigenvalue weighted by molar-refractivity contribution is 6.44. The Bertz CT molecular complexity index is 6580. The average Bonchev–Trinajstić information content (AvgIpc) is 0.842. The number of halogens is 13. The van der Waals surface area contributed by atoms with Gasteiger partial charge in [-0.15, -0.1) is 0 Å². The summed E-state index contributed by atoms with van der Waals surface area (Å²) < 4.78 is 38.2. The molecule has 5 amide bonds. The van der Waals surface area contributed by atoms with Crippen LogP contribution in [-0.2, 0) is 36.6 Å². The van der Waals surface area contributed by atoms with E-state index in [-0.39, 0.29) is 41.3 Å². The Balaban J connectivity index is 0.000000170. The van der Waals surface area contributed by atoms with Gasteiger partial charge in [0.05, 0.1) is 55.8 Å². The van der Waals surface area contributed by atoms with Crippen LogP contribution >= 0.6 is 116 Å². The monoisotopic (exact) mass is 2100 g/mol. The molecule has 0 aliphatic rings. The highest BCUT2D eigenvalue weighted by atomic mass is 35.5. The molecule has 5 unspecified atom stereocenters. The number of aliphatic hydroxyl groups excluding tert-OH is 1. The molecule has 5 atom stereocenters. The van der Waals surface area contributed by atoms with Crippen molar-refractivity contribution >= 4 is 203 Å². The molecule has 2 aromatic heterocycles. The van der Waals surface area contributed by atoms with E-state index >= 15 is 0 Å². The third-order valence-electron chi connectivity index (χ3n) is 20.3. The minimum absolute atomic E-state index is 0.0532. The summed E-state index contributed by atoms with van der Waals surface area (Å²) in [6.45, 7) is 0.0700. The summed E-state index contributed by atoms with van der Waals surface area (Å²) >= 11 is 60.2. The number of aliphatic hydroxyl groups is 1. The number of carbonyl (C=O) groups is 5. The van der Waals surface area contributed by atoms with Gasteiger partial charge >= 0.3 is 6.18 Å². The predicted molar refractivity (Wildman–Crippen MR) is 569 cm³/mol. The van der Waals surface area contributed by atoms with Crippen LogP contribution in [0.15, 0.2) is 395 Å². The molecular weight excluding hydrogens is 2020 g/mol. The Morgan fingerprint density at radius 2 is 0.521 bits per heavy atom. The number of hydrogen-bond donors (Lipinski definition) is 11. The van der Waals surface area contributed by atoms with Crippen LogP contribution in [0.3, 0.4) is 0 Å². The Hall–Kier alpha value is -14.5. The number of alkyl halides is 3. The minimum Gasteiger partial charge on any atom is -0.396 e. The first-order valence-corrected chi connectivity index (χ1v) is 46.5. The lowest BCUT2D eigenvalue weighted by atomic mass is 10.1. The van der Waals surface area contributed by atoms with E-state index in [2.05, 4.69) is 61.5 Å². The number of aromatic nitrogens is 2. The smallest absolute Gasteiger partial charge is 0.396 e. The molecule has 15 rings (SSSR count). The molecular formula is C106H86Cl10F3N17O6. The second-order valence-corrected chi connectivity index (χ2v) is 34.4. The van der Waals surface area contributed by atoms with Gasteiger partial charge in [-0.05, 0) is 167 Å². The molecule has 722 valence electrons. The first-order valence-electron chi connectivity index (χ1n) is 42.7. The molecule has 23 nitrogen and oxygen atoms in total. The van der Waals surface area contributed by atoms with Crippen LogP contribution in [0.5, 0.6) is 0 Å². The Labute approximate surface area is 865 Å². The number of nitrogens with one attached hydrogen (secondary N) is 5. The van der Waals surface area contributed by atoms with E-state index < -0.39 is 71.5 Å². The van der Waals surface area contributed by atoms with Crippen molar-refractivity contribution < 1.29 is 42.3 Å². The van der Waals surface area contributed by atoms with Gasteiger partial charge in [0.2, 0.25) is 0 Å². The largest absolute Gasteiger partial charge is 0.416 e. The Kier molecular flexibility index (Phi) is 40.9. The van der Waals surface area contributed by atoms with Crippen molar-refractivity contribution in [1.29, 1.82) is 0 Å². The maximum atomic E-state index is 13.0. The molecule has 0 bridgehead atoms. The van der Waals surface area contributed by atoms with E-state index in [1.54, 1.807) is 195 Å². The molecule has 15 aromatic rings. The SMILES string of the molecule is NC(=NC(=O)C(Nc1ccc(Cl)c(Cl)c1)c1ccccc1)c1ccc(C(F)(F)F)cc1.NC(=NC(=O)C(Nc1ccc(Cl)c(Cl)c1)c1ccccc1)c1ccc(CCO)cc1.NC(=NC(=O)C(Nc1ccc(Cl)c(Cl)c1)c1ccccc1)c1ccccc1.NC(=NC(=O)C(Nc1ccc(Cl)c(Cl)c1)c1ccccc1)c1ccccn1.NC(=NC(=O)C(Nc1ccc(Cl)c(Cl)c1)c1ccccc1)c1ccncc1. The molecule has 36 heteroatoms. The van der Waals surface area contributed by atoms with Gasteiger partial charge in [-0.2, -0.15) is 38.1 Å². The summed E-state index contributed by atoms with van der Waals surface area (Å²) in [4.78, 5) is 92.9. The van der Waals surface area contributed by atoms with Crippen LogP contribution < -0.4 is 55.3 Å². The van der Waals surface area contributed by atoms with E-state index in [0.717, 1.165) is 39.9 Å². The summed E-state index contributed by atoms with van der Waals surface area (Å²) in [5.41, 5.74) is 39.4. The summed E-state index contributed by atoms with van der Waals surface area (Å²) in [7, 11) is 0. The van der Waals surface area contributed by atoms with Gasteiger partial charge in [0.25, 0.3) is 29.5 Å². The molecule has 0 saturated carbocycles. The number of amides is 5. The quantitative estimate of drug-likeness (QED) is 0.0168. The van der Waals surface area contributed by atoms with Crippen LogP contribution in [-0.4, -0.2) is 80.4 Å². The number of anilines is 5. The van der Waals surface area contributed by atoms with Gasteiger partial charge < -0.3 is 60.4 Å². The first-order chi connectivity index (χ1) is 68.2. The summed E-state index contributed by atoms with van der Waals surface area (Å²) in [6.07, 6.45) is 0.850. The number of carbonyl (C=O) groups excluding carboxylic acids is 5. The number of hydrogen-bond acceptors (Lipinski definition) is 13. The molecule has 0 spiro atoms. The zero-order valence-electron chi connectivity index (χ0n) is 74.4. The van der Waals surface area contributed by atoms with Crippen molar-refractivity contribution in [2.24, 2.45) is 53.6 Å². The van der Waals surface area contributed by atoms with Crippen LogP contribution in [0, 0.1) is 0 Å². The molecule has 0 saturated heterocycles. The van der Waals surface area contributed by atoms with E-state index in [0.29, 0.717) is 113 Å². The van der Waals surface area contributed by atoms with Crippen LogP contribution in [0.4, 0.5) is 41.6 Å². The summed E-state index contributed by atoms with van der Waals surface area (Å²) in [5, 5.41) is 28.6. The molecule has 142 heavy (non-hydrogen) atoms. The second-order valence-electron chi connectivity index (χ2n) is 30.3. The molecule has 16 N–H and O–H groups in total. The lowest BCUT2D eigenvalue weighted by Crippen LogP contribution is -2.24. The van der Waals surface area contributed by atoms with Crippen molar-refractivity contribution in [1.82, 2.24) is 9.97 Å². The van der Waals surface area contributed by atoms with Gasteiger partial charge in [0.15, 0.2) is 5.84 Å². The molecule has 13 aromatic carbocycles. The standard InChI is InChI=1S/C23H21Cl2N3O2.C22H16Cl2F3N3O.C21H17Cl2N3O.2C20H16Cl2N4O/c24-19-11-10-18(14-20(19)25)27-21(16-4-2-1-3-5-16)23(30)28-22(26)17-8-6-15(7-9-17)12-13-29;23-17-11-10-16(12-18(17)24)29-19(13-4-2-1-3-5-13)21(31)30-20(28)14-6-8-15(9-7-14)22(25,26)27;22-17-12-11-16(13-18(17)23)25-19(14-7-3-1-4-8-14)21(27)26-20(24)15-9-5-2-6-10-15;21-15-10-9-14(12-16(15)22)25-18(13-6-2-1-3-7-13)20(27)26-19(23)17-8-4-5-11-24-17;21-16-7-6-15(12-17(16)22)25-18(13-4-2-1-3-5-13)20(27)26-19(23)14-8-10-24-11-9-14/h1-11,14,21,27,29H,12-13H2,(H2,26,28,30);1-12,19,29H,(H2,28,30,31);1-13,19,25H,(H2,24,26,27);2*1-12,18,25H,(H2,23,26,27). The Morgan fingerprint density at radius 3 is 0.768 bits per heavy atom. The fraction of sp³-hybridized carbons (Fsp3) is 0.0755. The highest BCUT2D eigenvalue weighted by Gasteiger charge is 2.32. The fourth-order valence-electron chi connectivity index (χ4n) is 13.1. The van der Waals surface area contributed by atoms with Crippen molar-refractivity contribution in [2.45, 2.75) is 42.8 Å². The maximum Gasteiger partial charge on any atom is 0.416 e. The van der Waals surface area contributed by atoms with Crippen LogP contribution in [0.25, 0.3) is 0 Å². The van der Waals surface area contributed by atoms with Gasteiger partial charge in [-0.3, -0.25) is 33.9 Å². The van der Waals surface area contributed by atoms with E-state index in [9.17, 15) is 37.1 Å². The number of amidine groups is 5.